The van der Waals surface area contributed by atoms with E-state index in [-0.39, 0.29) is 43.3 Å². The van der Waals surface area contributed by atoms with Crippen molar-refractivity contribution in [1.29, 1.82) is 0 Å². The molecule has 2 aromatic heterocycles. The van der Waals surface area contributed by atoms with E-state index in [0.717, 1.165) is 78.8 Å². The summed E-state index contributed by atoms with van der Waals surface area (Å²) in [6.07, 6.45) is 4.23. The van der Waals surface area contributed by atoms with E-state index in [1.807, 2.05) is 35.1 Å². The Labute approximate surface area is 367 Å². The van der Waals surface area contributed by atoms with E-state index in [4.69, 9.17) is 0 Å². The summed E-state index contributed by atoms with van der Waals surface area (Å²) in [5.74, 6) is -3.49. The Morgan fingerprint density at radius 2 is 1.67 bits per heavy atom. The van der Waals surface area contributed by atoms with Gasteiger partial charge < -0.3 is 19.7 Å². The van der Waals surface area contributed by atoms with Crippen molar-refractivity contribution in [2.24, 2.45) is 5.92 Å². The molecular formula is C46H45F3N8O6S. The lowest BCUT2D eigenvalue weighted by Gasteiger charge is -2.44. The second-order valence-corrected chi connectivity index (χ2v) is 19.2. The maximum atomic E-state index is 15.7. The van der Waals surface area contributed by atoms with Gasteiger partial charge in [0.25, 0.3) is 5.91 Å². The molecule has 2 atom stereocenters. The first-order valence-corrected chi connectivity index (χ1v) is 23.0. The third-order valence-electron chi connectivity index (χ3n) is 13.4. The molecular weight excluding hydrogens is 850 g/mol. The lowest BCUT2D eigenvalue weighted by molar-refractivity contribution is -0.136. The van der Waals surface area contributed by atoms with Gasteiger partial charge in [-0.2, -0.15) is 12.7 Å². The molecule has 10 rings (SSSR count). The molecule has 5 aliphatic rings. The van der Waals surface area contributed by atoms with Crippen molar-refractivity contribution in [3.05, 3.63) is 113 Å². The van der Waals surface area contributed by atoms with Crippen LogP contribution in [0.4, 0.5) is 24.5 Å². The zero-order valence-electron chi connectivity index (χ0n) is 34.7. The highest BCUT2D eigenvalue weighted by atomic mass is 32.2. The SMILES string of the molecule is O=C1CCC(N2Cc3cc(C4CCN(CC5CN(c6ccc(-c7cnc8[nH]cc(C(=O)c9c(F)ccc(NS(=O)(=O)N%10CC[C@@H](F)C%10)c9F)c8c7)cc6)C5)CC4)ccc3C2=O)C(=O)N1. The molecule has 4 fully saturated rings. The first-order valence-electron chi connectivity index (χ1n) is 21.6. The van der Waals surface area contributed by atoms with Gasteiger partial charge in [0, 0.05) is 91.8 Å². The number of ketones is 1. The first-order chi connectivity index (χ1) is 30.8. The van der Waals surface area contributed by atoms with E-state index < -0.39 is 57.0 Å². The number of aromatic nitrogens is 2. The number of amides is 3. The highest BCUT2D eigenvalue weighted by molar-refractivity contribution is 7.90. The molecule has 18 heteroatoms. The van der Waals surface area contributed by atoms with Crippen LogP contribution in [0.1, 0.15) is 75.4 Å². The van der Waals surface area contributed by atoms with Gasteiger partial charge in [0.1, 0.15) is 23.7 Å². The Kier molecular flexibility index (Phi) is 10.8. The molecule has 0 radical (unpaired) electrons. The second kappa shape index (κ2) is 16.5. The Balaban J connectivity index is 0.736. The van der Waals surface area contributed by atoms with Crippen LogP contribution in [0.3, 0.4) is 0 Å². The van der Waals surface area contributed by atoms with Crippen LogP contribution < -0.4 is 14.9 Å². The summed E-state index contributed by atoms with van der Waals surface area (Å²) in [6, 6.07) is 16.9. The lowest BCUT2D eigenvalue weighted by Crippen LogP contribution is -2.52. The van der Waals surface area contributed by atoms with Gasteiger partial charge in [-0.15, -0.1) is 0 Å². The zero-order valence-corrected chi connectivity index (χ0v) is 35.5. The van der Waals surface area contributed by atoms with Gasteiger partial charge in [0.05, 0.1) is 11.3 Å². The number of benzene rings is 3. The minimum Gasteiger partial charge on any atom is -0.371 e. The van der Waals surface area contributed by atoms with Crippen molar-refractivity contribution >= 4 is 56.1 Å². The largest absolute Gasteiger partial charge is 0.371 e. The number of piperidine rings is 2. The van der Waals surface area contributed by atoms with E-state index in [1.54, 1.807) is 17.2 Å². The molecule has 0 aliphatic carbocycles. The minimum absolute atomic E-state index is 0.00346. The average molecular weight is 895 g/mol. The van der Waals surface area contributed by atoms with Crippen molar-refractivity contribution in [3.8, 4) is 11.1 Å². The third kappa shape index (κ3) is 7.80. The lowest BCUT2D eigenvalue weighted by atomic mass is 9.87. The van der Waals surface area contributed by atoms with Gasteiger partial charge in [0.2, 0.25) is 17.6 Å². The van der Waals surface area contributed by atoms with Crippen molar-refractivity contribution in [1.82, 2.24) is 29.4 Å². The number of alkyl halides is 1. The second-order valence-electron chi connectivity index (χ2n) is 17.5. The quantitative estimate of drug-likeness (QED) is 0.114. The highest BCUT2D eigenvalue weighted by Crippen LogP contribution is 2.36. The zero-order chi connectivity index (χ0) is 44.4. The highest BCUT2D eigenvalue weighted by Gasteiger charge is 2.40. The molecule has 5 aromatic rings. The normalized spacial score (nSPS) is 21.4. The third-order valence-corrected chi connectivity index (χ3v) is 14.9. The molecule has 0 bridgehead atoms. The Morgan fingerprint density at radius 3 is 2.41 bits per heavy atom. The van der Waals surface area contributed by atoms with Gasteiger partial charge >= 0.3 is 10.2 Å². The minimum atomic E-state index is -4.35. The van der Waals surface area contributed by atoms with Crippen molar-refractivity contribution in [2.45, 2.75) is 56.8 Å². The number of aromatic amines is 1. The fraction of sp³-hybridized carbons (Fsp3) is 0.370. The van der Waals surface area contributed by atoms with Crippen LogP contribution in [0.25, 0.3) is 22.2 Å². The summed E-state index contributed by atoms with van der Waals surface area (Å²) < 4.78 is 73.0. The fourth-order valence-corrected chi connectivity index (χ4v) is 11.1. The van der Waals surface area contributed by atoms with Crippen LogP contribution in [-0.4, -0.2) is 114 Å². The molecule has 5 aliphatic heterocycles. The van der Waals surface area contributed by atoms with Crippen LogP contribution in [0.2, 0.25) is 0 Å². The molecule has 3 aromatic carbocycles. The maximum Gasteiger partial charge on any atom is 0.301 e. The Morgan fingerprint density at radius 1 is 0.891 bits per heavy atom. The number of hydrogen-bond donors (Lipinski definition) is 3. The number of nitrogens with zero attached hydrogens (tertiary/aromatic N) is 5. The number of fused-ring (bicyclic) bond motifs is 2. The predicted molar refractivity (Wildman–Crippen MR) is 232 cm³/mol. The summed E-state index contributed by atoms with van der Waals surface area (Å²) in [5.41, 5.74) is 4.10. The molecule has 3 N–H and O–H groups in total. The summed E-state index contributed by atoms with van der Waals surface area (Å²) in [6.45, 7) is 4.74. The maximum absolute atomic E-state index is 15.7. The van der Waals surface area contributed by atoms with E-state index in [1.165, 1.54) is 11.8 Å². The monoisotopic (exact) mass is 894 g/mol. The number of H-pyrrole nitrogens is 1. The number of nitrogens with one attached hydrogen (secondary N) is 3. The van der Waals surface area contributed by atoms with Gasteiger partial charge in [-0.05, 0) is 97.8 Å². The first kappa shape index (κ1) is 41.9. The molecule has 4 saturated heterocycles. The fourth-order valence-electron chi connectivity index (χ4n) is 9.86. The van der Waals surface area contributed by atoms with Crippen molar-refractivity contribution in [3.63, 3.8) is 0 Å². The van der Waals surface area contributed by atoms with Gasteiger partial charge in [-0.25, -0.2) is 18.2 Å². The number of carbonyl (C=O) groups excluding carboxylic acids is 4. The van der Waals surface area contributed by atoms with Crippen LogP contribution >= 0.6 is 0 Å². The van der Waals surface area contributed by atoms with Crippen LogP contribution in [0.5, 0.6) is 0 Å². The molecule has 64 heavy (non-hydrogen) atoms. The predicted octanol–water partition coefficient (Wildman–Crippen LogP) is 5.52. The molecule has 1 unspecified atom stereocenters. The number of anilines is 2. The van der Waals surface area contributed by atoms with E-state index >= 15 is 8.78 Å². The number of halogens is 3. The molecule has 7 heterocycles. The van der Waals surface area contributed by atoms with Gasteiger partial charge in [-0.1, -0.05) is 24.3 Å². The molecule has 0 saturated carbocycles. The number of imide groups is 1. The molecule has 0 spiro atoms. The molecule has 332 valence electrons. The van der Waals surface area contributed by atoms with Gasteiger partial charge in [0.15, 0.2) is 5.82 Å². The van der Waals surface area contributed by atoms with Crippen LogP contribution in [0, 0.1) is 17.6 Å². The van der Waals surface area contributed by atoms with Crippen LogP contribution in [-0.2, 0) is 26.3 Å². The number of likely N-dealkylation sites (tertiary alicyclic amines) is 1. The summed E-state index contributed by atoms with van der Waals surface area (Å²) in [4.78, 5) is 64.8. The van der Waals surface area contributed by atoms with Crippen molar-refractivity contribution in [2.75, 3.05) is 55.4 Å². The van der Waals surface area contributed by atoms with Crippen LogP contribution in [0.15, 0.2) is 73.1 Å². The number of pyridine rings is 1. The summed E-state index contributed by atoms with van der Waals surface area (Å²) >= 11 is 0. The van der Waals surface area contributed by atoms with Crippen molar-refractivity contribution < 1.29 is 40.8 Å². The standard InChI is InChI=1S/C46H45F3N8O6S/c47-32-13-16-56(25-32)64(62,63)53-38-8-7-37(48)41(42(38)49)43(59)36-20-51-44-35(36)18-30(19-50-44)27-1-4-33(5-2-27)55-22-26(23-55)21-54-14-11-28(12-15-54)29-3-6-34-31(17-29)24-57(46(34)61)39-9-10-40(58)52-45(39)60/h1-8,17-20,26,28,32,39,53H,9-16,21-25H2,(H,50,51)(H,52,58,60)/t32-,39?/m1/s1. The Bertz CT molecular complexity index is 2830. The summed E-state index contributed by atoms with van der Waals surface area (Å²) in [7, 11) is -4.35. The topological polar surface area (TPSA) is 168 Å². The van der Waals surface area contributed by atoms with E-state index in [2.05, 4.69) is 37.2 Å². The number of rotatable bonds is 11. The van der Waals surface area contributed by atoms with Gasteiger partial charge in [-0.3, -0.25) is 29.2 Å². The average Bonchev–Trinajstić information content (AvgIpc) is 4.00. The number of hydrogen-bond acceptors (Lipinski definition) is 9. The molecule has 14 nitrogen and oxygen atoms in total. The summed E-state index contributed by atoms with van der Waals surface area (Å²) in [5, 5.41) is 2.69. The Hall–Kier alpha value is -6.11. The smallest absolute Gasteiger partial charge is 0.301 e. The van der Waals surface area contributed by atoms with E-state index in [0.29, 0.717) is 47.0 Å². The molecule has 3 amide bonds. The number of carbonyl (C=O) groups is 4. The van der Waals surface area contributed by atoms with E-state index in [9.17, 15) is 32.0 Å².